The minimum Gasteiger partial charge on any atom is -0.490 e. The molecule has 5 nitrogen and oxygen atoms in total. The van der Waals surface area contributed by atoms with Gasteiger partial charge in [0, 0.05) is 5.69 Å². The predicted molar refractivity (Wildman–Crippen MR) is 133 cm³/mol. The van der Waals surface area contributed by atoms with Crippen molar-refractivity contribution in [3.05, 3.63) is 57.1 Å². The summed E-state index contributed by atoms with van der Waals surface area (Å²) in [4.78, 5) is 12.7. The number of nitriles is 1. The lowest BCUT2D eigenvalue weighted by atomic mass is 10.1. The number of halogens is 1. The number of nitrogens with zero attached hydrogens (tertiary/aromatic N) is 1. The summed E-state index contributed by atoms with van der Waals surface area (Å²) in [7, 11) is 0. The third-order valence-corrected chi connectivity index (χ3v) is 5.47. The Balaban J connectivity index is 2.23. The maximum atomic E-state index is 12.7. The lowest BCUT2D eigenvalue weighted by molar-refractivity contribution is -0.112. The second-order valence-electron chi connectivity index (χ2n) is 7.61. The summed E-state index contributed by atoms with van der Waals surface area (Å²) < 4.78 is 12.5. The maximum absolute atomic E-state index is 12.7. The number of carbonyl (C=O) groups excluding carboxylic acids is 1. The molecule has 0 heterocycles. The van der Waals surface area contributed by atoms with E-state index in [4.69, 9.17) is 9.47 Å². The number of rotatable bonds is 11. The summed E-state index contributed by atoms with van der Waals surface area (Å²) >= 11 is 3.55. The normalized spacial score (nSPS) is 11.1. The van der Waals surface area contributed by atoms with Crippen LogP contribution in [-0.4, -0.2) is 19.1 Å². The predicted octanol–water partition coefficient (Wildman–Crippen LogP) is 6.97. The molecule has 0 aliphatic carbocycles. The molecule has 0 aliphatic heterocycles. The smallest absolute Gasteiger partial charge is 0.266 e. The SMILES string of the molecule is CCCCCCOc1c(Br)cc(/C=C(\C#N)C(=O)Nc2ccc(C)cc2C)cc1OCC. The van der Waals surface area contributed by atoms with Crippen molar-refractivity contribution < 1.29 is 14.3 Å². The van der Waals surface area contributed by atoms with E-state index >= 15 is 0 Å². The number of benzene rings is 2. The molecule has 2 aromatic rings. The molecule has 1 N–H and O–H groups in total. The first-order chi connectivity index (χ1) is 15.4. The average Bonchev–Trinajstić information content (AvgIpc) is 2.75. The topological polar surface area (TPSA) is 71.3 Å². The van der Waals surface area contributed by atoms with Crippen molar-refractivity contribution in [3.8, 4) is 17.6 Å². The molecule has 0 saturated carbocycles. The molecule has 6 heteroatoms. The Morgan fingerprint density at radius 1 is 1.12 bits per heavy atom. The molecule has 0 aliphatic rings. The van der Waals surface area contributed by atoms with E-state index in [1.165, 1.54) is 12.8 Å². The van der Waals surface area contributed by atoms with Crippen LogP contribution in [0.4, 0.5) is 5.69 Å². The third kappa shape index (κ3) is 7.42. The van der Waals surface area contributed by atoms with Gasteiger partial charge in [-0.3, -0.25) is 4.79 Å². The van der Waals surface area contributed by atoms with Crippen LogP contribution in [0.25, 0.3) is 6.08 Å². The summed E-state index contributed by atoms with van der Waals surface area (Å²) in [5, 5.41) is 12.4. The molecule has 32 heavy (non-hydrogen) atoms. The largest absolute Gasteiger partial charge is 0.490 e. The average molecular weight is 499 g/mol. The Hall–Kier alpha value is -2.78. The number of aryl methyl sites for hydroxylation is 2. The van der Waals surface area contributed by atoms with E-state index in [0.717, 1.165) is 28.4 Å². The molecule has 0 unspecified atom stereocenters. The van der Waals surface area contributed by atoms with Crippen molar-refractivity contribution in [1.82, 2.24) is 0 Å². The monoisotopic (exact) mass is 498 g/mol. The number of amides is 1. The van der Waals surface area contributed by atoms with Gasteiger partial charge < -0.3 is 14.8 Å². The highest BCUT2D eigenvalue weighted by Crippen LogP contribution is 2.37. The number of ether oxygens (including phenoxy) is 2. The lowest BCUT2D eigenvalue weighted by Gasteiger charge is -2.15. The van der Waals surface area contributed by atoms with Gasteiger partial charge in [0.2, 0.25) is 0 Å². The van der Waals surface area contributed by atoms with Gasteiger partial charge in [0.05, 0.1) is 17.7 Å². The fourth-order valence-electron chi connectivity index (χ4n) is 3.24. The first-order valence-electron chi connectivity index (χ1n) is 11.0. The van der Waals surface area contributed by atoms with E-state index in [2.05, 4.69) is 28.2 Å². The van der Waals surface area contributed by atoms with E-state index in [0.29, 0.717) is 36.0 Å². The van der Waals surface area contributed by atoms with Gasteiger partial charge in [-0.15, -0.1) is 0 Å². The molecular weight excluding hydrogens is 468 g/mol. The van der Waals surface area contributed by atoms with Gasteiger partial charge in [0.25, 0.3) is 5.91 Å². The first-order valence-corrected chi connectivity index (χ1v) is 11.8. The molecular formula is C26H31BrN2O3. The van der Waals surface area contributed by atoms with Gasteiger partial charge in [-0.1, -0.05) is 43.9 Å². The van der Waals surface area contributed by atoms with E-state index < -0.39 is 5.91 Å². The van der Waals surface area contributed by atoms with E-state index in [1.807, 2.05) is 51.1 Å². The highest BCUT2D eigenvalue weighted by molar-refractivity contribution is 9.10. The Kier molecular flexibility index (Phi) is 10.3. The maximum Gasteiger partial charge on any atom is 0.266 e. The molecule has 0 saturated heterocycles. The number of hydrogen-bond acceptors (Lipinski definition) is 4. The quantitative estimate of drug-likeness (QED) is 0.206. The second kappa shape index (κ2) is 12.9. The number of hydrogen-bond donors (Lipinski definition) is 1. The minimum atomic E-state index is -0.454. The van der Waals surface area contributed by atoms with Gasteiger partial charge in [-0.05, 0) is 78.5 Å². The van der Waals surface area contributed by atoms with Crippen LogP contribution in [0, 0.1) is 25.2 Å². The van der Waals surface area contributed by atoms with Crippen molar-refractivity contribution in [1.29, 1.82) is 5.26 Å². The summed E-state index contributed by atoms with van der Waals surface area (Å²) in [5.41, 5.74) is 3.42. The molecule has 170 valence electrons. The number of carbonyl (C=O) groups is 1. The Morgan fingerprint density at radius 2 is 1.91 bits per heavy atom. The zero-order chi connectivity index (χ0) is 23.5. The molecule has 0 spiro atoms. The van der Waals surface area contributed by atoms with Crippen LogP contribution in [0.15, 0.2) is 40.4 Å². The van der Waals surface area contributed by atoms with E-state index in [1.54, 1.807) is 12.1 Å². The molecule has 1 amide bonds. The molecule has 0 bridgehead atoms. The van der Waals surface area contributed by atoms with Crippen LogP contribution < -0.4 is 14.8 Å². The number of nitrogens with one attached hydrogen (secondary N) is 1. The van der Waals surface area contributed by atoms with Crippen LogP contribution in [0.3, 0.4) is 0 Å². The highest BCUT2D eigenvalue weighted by Gasteiger charge is 2.15. The first kappa shape index (κ1) is 25.5. The summed E-state index contributed by atoms with van der Waals surface area (Å²) in [6.07, 6.45) is 6.02. The summed E-state index contributed by atoms with van der Waals surface area (Å²) in [6.45, 7) is 9.07. The Bertz CT molecular complexity index is 1010. The number of unbranched alkanes of at least 4 members (excludes halogenated alkanes) is 3. The Morgan fingerprint density at radius 3 is 2.56 bits per heavy atom. The van der Waals surface area contributed by atoms with Gasteiger partial charge in [0.1, 0.15) is 11.6 Å². The molecule has 0 fully saturated rings. The van der Waals surface area contributed by atoms with Gasteiger partial charge in [-0.2, -0.15) is 5.26 Å². The van der Waals surface area contributed by atoms with Crippen molar-refractivity contribution >= 4 is 33.6 Å². The molecule has 0 aromatic heterocycles. The highest BCUT2D eigenvalue weighted by atomic mass is 79.9. The van der Waals surface area contributed by atoms with Gasteiger partial charge >= 0.3 is 0 Å². The van der Waals surface area contributed by atoms with Gasteiger partial charge in [-0.25, -0.2) is 0 Å². The van der Waals surface area contributed by atoms with Crippen molar-refractivity contribution in [2.75, 3.05) is 18.5 Å². The number of anilines is 1. The zero-order valence-corrected chi connectivity index (χ0v) is 20.8. The lowest BCUT2D eigenvalue weighted by Crippen LogP contribution is -2.14. The minimum absolute atomic E-state index is 0.00700. The molecule has 0 atom stereocenters. The fraction of sp³-hybridized carbons (Fsp3) is 0.385. The van der Waals surface area contributed by atoms with Gasteiger partial charge in [0.15, 0.2) is 11.5 Å². The van der Waals surface area contributed by atoms with Crippen molar-refractivity contribution in [3.63, 3.8) is 0 Å². The van der Waals surface area contributed by atoms with Crippen molar-refractivity contribution in [2.45, 2.75) is 53.4 Å². The van der Waals surface area contributed by atoms with Crippen LogP contribution in [0.1, 0.15) is 56.2 Å². The standard InChI is InChI=1S/C26H31BrN2O3/c1-5-7-8-9-12-32-25-22(27)15-20(16-24(25)31-6-2)14-21(17-28)26(30)29-23-11-10-18(3)13-19(23)4/h10-11,13-16H,5-9,12H2,1-4H3,(H,29,30)/b21-14+. The summed E-state index contributed by atoms with van der Waals surface area (Å²) in [6, 6.07) is 11.4. The molecule has 0 radical (unpaired) electrons. The zero-order valence-electron chi connectivity index (χ0n) is 19.3. The molecule has 2 rings (SSSR count). The van der Waals surface area contributed by atoms with Crippen molar-refractivity contribution in [2.24, 2.45) is 0 Å². The Labute approximate surface area is 199 Å². The third-order valence-electron chi connectivity index (χ3n) is 4.88. The fourth-order valence-corrected chi connectivity index (χ4v) is 3.81. The van der Waals surface area contributed by atoms with Crippen LogP contribution in [-0.2, 0) is 4.79 Å². The van der Waals surface area contributed by atoms with E-state index in [-0.39, 0.29) is 5.57 Å². The van der Waals surface area contributed by atoms with Crippen LogP contribution in [0.2, 0.25) is 0 Å². The second-order valence-corrected chi connectivity index (χ2v) is 8.47. The van der Waals surface area contributed by atoms with Crippen LogP contribution in [0.5, 0.6) is 11.5 Å². The summed E-state index contributed by atoms with van der Waals surface area (Å²) in [5.74, 6) is 0.763. The van der Waals surface area contributed by atoms with Crippen LogP contribution >= 0.6 is 15.9 Å². The molecule has 2 aromatic carbocycles. The van der Waals surface area contributed by atoms with E-state index in [9.17, 15) is 10.1 Å².